The van der Waals surface area contributed by atoms with Crippen molar-refractivity contribution < 1.29 is 15.0 Å². The van der Waals surface area contributed by atoms with Gasteiger partial charge in [0.25, 0.3) is 0 Å². The van der Waals surface area contributed by atoms with Crippen LogP contribution in [0.4, 0.5) is 0 Å². The molecule has 0 amide bonds. The molecule has 0 unspecified atom stereocenters. The number of phenols is 1. The van der Waals surface area contributed by atoms with E-state index in [1.54, 1.807) is 12.1 Å². The van der Waals surface area contributed by atoms with Crippen molar-refractivity contribution in [2.75, 3.05) is 0 Å². The zero-order chi connectivity index (χ0) is 15.5. The van der Waals surface area contributed by atoms with Gasteiger partial charge in [-0.05, 0) is 36.6 Å². The molecule has 0 atom stereocenters. The third-order valence-electron chi connectivity index (χ3n) is 3.79. The second-order valence-electron chi connectivity index (χ2n) is 5.77. The van der Waals surface area contributed by atoms with Crippen molar-refractivity contribution in [2.45, 2.75) is 71.1 Å². The molecule has 0 fully saturated rings. The normalized spacial score (nSPS) is 10.7. The third-order valence-corrected chi connectivity index (χ3v) is 3.79. The summed E-state index contributed by atoms with van der Waals surface area (Å²) in [4.78, 5) is 10.9. The number of aromatic carboxylic acids is 1. The quantitative estimate of drug-likeness (QED) is 0.554. The third kappa shape index (κ3) is 7.74. The van der Waals surface area contributed by atoms with Crippen molar-refractivity contribution >= 4 is 5.97 Å². The number of benzene rings is 1. The standard InChI is InChI=1S/C18H28O3/c1-2-3-4-5-6-7-8-9-10-11-15-12-16(18(20)21)14-17(19)13-15/h12-14,19H,2-11H2,1H3,(H,20,21). The molecule has 1 aromatic rings. The Kier molecular flexibility index (Phi) is 8.56. The van der Waals surface area contributed by atoms with Crippen LogP contribution in [-0.2, 0) is 6.42 Å². The van der Waals surface area contributed by atoms with Gasteiger partial charge in [-0.25, -0.2) is 4.79 Å². The maximum absolute atomic E-state index is 10.9. The number of aromatic hydroxyl groups is 1. The molecule has 0 saturated carbocycles. The van der Waals surface area contributed by atoms with E-state index < -0.39 is 5.97 Å². The van der Waals surface area contributed by atoms with Gasteiger partial charge in [-0.2, -0.15) is 0 Å². The molecule has 21 heavy (non-hydrogen) atoms. The van der Waals surface area contributed by atoms with E-state index in [-0.39, 0.29) is 11.3 Å². The van der Waals surface area contributed by atoms with E-state index in [1.807, 2.05) is 0 Å². The van der Waals surface area contributed by atoms with Gasteiger partial charge in [-0.15, -0.1) is 0 Å². The smallest absolute Gasteiger partial charge is 0.335 e. The number of aryl methyl sites for hydroxylation is 1. The van der Waals surface area contributed by atoms with Gasteiger partial charge in [0.05, 0.1) is 5.56 Å². The molecule has 0 aliphatic rings. The Morgan fingerprint density at radius 2 is 1.48 bits per heavy atom. The molecule has 0 aromatic heterocycles. The Morgan fingerprint density at radius 3 is 2.05 bits per heavy atom. The van der Waals surface area contributed by atoms with E-state index in [2.05, 4.69) is 6.92 Å². The second kappa shape index (κ2) is 10.3. The first-order valence-corrected chi connectivity index (χ1v) is 8.19. The molecule has 3 nitrogen and oxygen atoms in total. The summed E-state index contributed by atoms with van der Waals surface area (Å²) in [5.74, 6) is -0.944. The fraction of sp³-hybridized carbons (Fsp3) is 0.611. The van der Waals surface area contributed by atoms with Crippen LogP contribution in [0.5, 0.6) is 5.75 Å². The number of rotatable bonds is 11. The Balaban J connectivity index is 2.17. The van der Waals surface area contributed by atoms with Crippen molar-refractivity contribution in [3.05, 3.63) is 29.3 Å². The molecular weight excluding hydrogens is 264 g/mol. The maximum Gasteiger partial charge on any atom is 0.335 e. The Hall–Kier alpha value is -1.51. The van der Waals surface area contributed by atoms with Crippen LogP contribution in [0, 0.1) is 0 Å². The predicted molar refractivity (Wildman–Crippen MR) is 86.0 cm³/mol. The lowest BCUT2D eigenvalue weighted by Crippen LogP contribution is -1.97. The molecule has 0 heterocycles. The molecule has 0 aliphatic carbocycles. The lowest BCUT2D eigenvalue weighted by Gasteiger charge is -2.05. The summed E-state index contributed by atoms with van der Waals surface area (Å²) < 4.78 is 0. The Morgan fingerprint density at radius 1 is 0.905 bits per heavy atom. The minimum atomic E-state index is -0.987. The average molecular weight is 292 g/mol. The van der Waals surface area contributed by atoms with Crippen molar-refractivity contribution in [3.63, 3.8) is 0 Å². The van der Waals surface area contributed by atoms with Crippen LogP contribution in [0.25, 0.3) is 0 Å². The number of phenolic OH excluding ortho intramolecular Hbond substituents is 1. The van der Waals surface area contributed by atoms with Gasteiger partial charge >= 0.3 is 5.97 Å². The number of hydrogen-bond donors (Lipinski definition) is 2. The van der Waals surface area contributed by atoms with Crippen LogP contribution in [0.15, 0.2) is 18.2 Å². The SMILES string of the molecule is CCCCCCCCCCCc1cc(O)cc(C(=O)O)c1. The van der Waals surface area contributed by atoms with E-state index in [4.69, 9.17) is 5.11 Å². The molecule has 1 rings (SSSR count). The van der Waals surface area contributed by atoms with Gasteiger partial charge in [0, 0.05) is 0 Å². The first kappa shape index (κ1) is 17.5. The highest BCUT2D eigenvalue weighted by Gasteiger charge is 2.06. The molecule has 0 spiro atoms. The van der Waals surface area contributed by atoms with E-state index >= 15 is 0 Å². The van der Waals surface area contributed by atoms with Crippen molar-refractivity contribution in [1.82, 2.24) is 0 Å². The molecule has 3 heteroatoms. The maximum atomic E-state index is 10.9. The van der Waals surface area contributed by atoms with Crippen molar-refractivity contribution in [2.24, 2.45) is 0 Å². The molecule has 0 radical (unpaired) electrons. The largest absolute Gasteiger partial charge is 0.508 e. The summed E-state index contributed by atoms with van der Waals surface area (Å²) >= 11 is 0. The molecule has 1 aromatic carbocycles. The minimum Gasteiger partial charge on any atom is -0.508 e. The summed E-state index contributed by atoms with van der Waals surface area (Å²) in [6, 6.07) is 4.62. The summed E-state index contributed by atoms with van der Waals surface area (Å²) in [6.07, 6.45) is 12.3. The molecular formula is C18H28O3. The monoisotopic (exact) mass is 292 g/mol. The van der Waals surface area contributed by atoms with E-state index in [9.17, 15) is 9.90 Å². The summed E-state index contributed by atoms with van der Waals surface area (Å²) in [6.45, 7) is 2.23. The molecule has 0 aliphatic heterocycles. The van der Waals surface area contributed by atoms with Crippen molar-refractivity contribution in [1.29, 1.82) is 0 Å². The van der Waals surface area contributed by atoms with Gasteiger partial charge in [0.1, 0.15) is 5.75 Å². The number of carbonyl (C=O) groups is 1. The van der Waals surface area contributed by atoms with Crippen LogP contribution in [-0.4, -0.2) is 16.2 Å². The van der Waals surface area contributed by atoms with Crippen molar-refractivity contribution in [3.8, 4) is 5.75 Å². The topological polar surface area (TPSA) is 57.5 Å². The molecule has 118 valence electrons. The van der Waals surface area contributed by atoms with E-state index in [0.29, 0.717) is 0 Å². The lowest BCUT2D eigenvalue weighted by atomic mass is 10.0. The van der Waals surface area contributed by atoms with E-state index in [0.717, 1.165) is 18.4 Å². The van der Waals surface area contributed by atoms with E-state index in [1.165, 1.54) is 57.4 Å². The molecule has 2 N–H and O–H groups in total. The highest BCUT2D eigenvalue weighted by Crippen LogP contribution is 2.18. The zero-order valence-electron chi connectivity index (χ0n) is 13.1. The van der Waals surface area contributed by atoms with Crippen LogP contribution in [0.1, 0.15) is 80.6 Å². The number of carboxylic acid groups (broad SMARTS) is 1. The fourth-order valence-corrected chi connectivity index (χ4v) is 2.58. The highest BCUT2D eigenvalue weighted by molar-refractivity contribution is 5.88. The average Bonchev–Trinajstić information content (AvgIpc) is 2.45. The fourth-order valence-electron chi connectivity index (χ4n) is 2.58. The number of hydrogen-bond acceptors (Lipinski definition) is 2. The highest BCUT2D eigenvalue weighted by atomic mass is 16.4. The van der Waals surface area contributed by atoms with Crippen LogP contribution < -0.4 is 0 Å². The number of unbranched alkanes of at least 4 members (excludes halogenated alkanes) is 8. The Bertz CT molecular complexity index is 426. The minimum absolute atomic E-state index is 0.0424. The van der Waals surface area contributed by atoms with Gasteiger partial charge in [-0.3, -0.25) is 0 Å². The van der Waals surface area contributed by atoms with Gasteiger partial charge < -0.3 is 10.2 Å². The summed E-state index contributed by atoms with van der Waals surface area (Å²) in [5, 5.41) is 18.5. The number of carboxylic acids is 1. The summed E-state index contributed by atoms with van der Waals surface area (Å²) in [7, 11) is 0. The van der Waals surface area contributed by atoms with Crippen LogP contribution in [0.3, 0.4) is 0 Å². The van der Waals surface area contributed by atoms with Gasteiger partial charge in [0.2, 0.25) is 0 Å². The predicted octanol–water partition coefficient (Wildman–Crippen LogP) is 5.16. The molecule has 0 saturated heterocycles. The zero-order valence-corrected chi connectivity index (χ0v) is 13.1. The van der Waals surface area contributed by atoms with Gasteiger partial charge in [-0.1, -0.05) is 58.3 Å². The van der Waals surface area contributed by atoms with Crippen LogP contribution in [0.2, 0.25) is 0 Å². The summed E-state index contributed by atoms with van der Waals surface area (Å²) in [5.41, 5.74) is 1.08. The molecule has 0 bridgehead atoms. The van der Waals surface area contributed by atoms with Gasteiger partial charge in [0.15, 0.2) is 0 Å². The van der Waals surface area contributed by atoms with Crippen LogP contribution >= 0.6 is 0 Å². The lowest BCUT2D eigenvalue weighted by molar-refractivity contribution is 0.0696. The second-order valence-corrected chi connectivity index (χ2v) is 5.77. The Labute approximate surface area is 128 Å². The first-order valence-electron chi connectivity index (χ1n) is 8.19. The first-order chi connectivity index (χ1) is 10.1.